The third-order valence-electron chi connectivity index (χ3n) is 4.65. The predicted molar refractivity (Wildman–Crippen MR) is 140 cm³/mol. The fourth-order valence-corrected chi connectivity index (χ4v) is 3.14. The second-order valence-electron chi connectivity index (χ2n) is 7.11. The van der Waals surface area contributed by atoms with Gasteiger partial charge in [-0.05, 0) is 47.4 Å². The molecule has 2 amide bonds. The van der Waals surface area contributed by atoms with Crippen molar-refractivity contribution in [3.05, 3.63) is 66.4 Å². The van der Waals surface area contributed by atoms with E-state index in [1.165, 1.54) is 0 Å². The first-order chi connectivity index (χ1) is 16.0. The summed E-state index contributed by atoms with van der Waals surface area (Å²) in [5, 5.41) is 13.5. The number of H-pyrrole nitrogens is 1. The van der Waals surface area contributed by atoms with Crippen molar-refractivity contribution in [3.63, 3.8) is 0 Å². The van der Waals surface area contributed by atoms with E-state index in [4.69, 9.17) is 5.73 Å². The lowest BCUT2D eigenvalue weighted by molar-refractivity contribution is 0.262. The largest absolute Gasteiger partial charge is 0.383 e. The molecule has 2 aromatic carbocycles. The van der Waals surface area contributed by atoms with Crippen LogP contribution in [0.5, 0.6) is 0 Å². The molecule has 33 heavy (non-hydrogen) atoms. The van der Waals surface area contributed by atoms with Gasteiger partial charge in [-0.25, -0.2) is 9.78 Å². The molecule has 7 nitrogen and oxygen atoms in total. The van der Waals surface area contributed by atoms with E-state index in [1.54, 1.807) is 0 Å². The Bertz CT molecular complexity index is 1150. The smallest absolute Gasteiger partial charge is 0.323 e. The predicted octanol–water partition coefficient (Wildman–Crippen LogP) is 7.03. The zero-order valence-electron chi connectivity index (χ0n) is 20.2. The number of para-hydroxylation sites is 1. The van der Waals surface area contributed by atoms with E-state index in [2.05, 4.69) is 39.7 Å². The highest BCUT2D eigenvalue weighted by atomic mass is 16.2. The number of nitrogens with two attached hydrogens (primary N) is 1. The highest BCUT2D eigenvalue weighted by Gasteiger charge is 2.15. The molecule has 0 radical (unpaired) electrons. The summed E-state index contributed by atoms with van der Waals surface area (Å²) in [4.78, 5) is 16.8. The van der Waals surface area contributed by atoms with Gasteiger partial charge >= 0.3 is 6.03 Å². The number of anilines is 3. The zero-order valence-corrected chi connectivity index (χ0v) is 20.2. The number of carbonyl (C=O) groups excluding carboxylic acids is 1. The monoisotopic (exact) mass is 446 g/mol. The van der Waals surface area contributed by atoms with E-state index < -0.39 is 0 Å². The summed E-state index contributed by atoms with van der Waals surface area (Å²) in [6.45, 7) is 12.2. The molecule has 0 spiro atoms. The second-order valence-corrected chi connectivity index (χ2v) is 7.11. The summed E-state index contributed by atoms with van der Waals surface area (Å²) in [6, 6.07) is 18.7. The number of pyridine rings is 1. The quantitative estimate of drug-likeness (QED) is 0.270. The Kier molecular flexibility index (Phi) is 9.42. The standard InChI is InChI=1S/C22H22N6O.2C2H6/c1-13(2)18-12-17(19-20(23)27-28-21(19)26-18)14-8-10-16(11-9-14)25-22(29)24-15-6-4-3-5-7-15;2*1-2/h3-13H,1-2H3,(H2,24,25,29)(H3,23,26,27,28);2*1-2H3. The van der Waals surface area contributed by atoms with Gasteiger partial charge in [-0.3, -0.25) is 5.10 Å². The lowest BCUT2D eigenvalue weighted by atomic mass is 9.99. The summed E-state index contributed by atoms with van der Waals surface area (Å²) in [5.74, 6) is 0.751. The number of hydrogen-bond acceptors (Lipinski definition) is 4. The molecule has 0 aliphatic carbocycles. The molecule has 0 fully saturated rings. The van der Waals surface area contributed by atoms with Crippen molar-refractivity contribution in [2.75, 3.05) is 16.4 Å². The molecule has 2 heterocycles. The number of rotatable bonds is 4. The minimum atomic E-state index is -0.295. The zero-order chi connectivity index (χ0) is 24.4. The molecule has 174 valence electrons. The van der Waals surface area contributed by atoms with Crippen molar-refractivity contribution in [1.29, 1.82) is 0 Å². The van der Waals surface area contributed by atoms with Gasteiger partial charge in [0.1, 0.15) is 5.82 Å². The van der Waals surface area contributed by atoms with Crippen LogP contribution in [-0.4, -0.2) is 21.2 Å². The Morgan fingerprint density at radius 3 is 2.06 bits per heavy atom. The SMILES string of the molecule is CC.CC.CC(C)c1cc(-c2ccc(NC(=O)Nc3ccccc3)cc2)c2c(N)[nH]nc2n1. The average Bonchev–Trinajstić information content (AvgIpc) is 3.23. The normalized spacial score (nSPS) is 10.0. The van der Waals surface area contributed by atoms with Crippen molar-refractivity contribution >= 4 is 34.3 Å². The van der Waals surface area contributed by atoms with Crippen molar-refractivity contribution in [1.82, 2.24) is 15.2 Å². The van der Waals surface area contributed by atoms with Crippen molar-refractivity contribution < 1.29 is 4.79 Å². The van der Waals surface area contributed by atoms with Crippen LogP contribution in [0.15, 0.2) is 60.7 Å². The van der Waals surface area contributed by atoms with Gasteiger partial charge in [0.2, 0.25) is 0 Å². The number of nitrogen functional groups attached to an aromatic ring is 1. The minimum Gasteiger partial charge on any atom is -0.383 e. The van der Waals surface area contributed by atoms with Gasteiger partial charge in [-0.1, -0.05) is 71.9 Å². The highest BCUT2D eigenvalue weighted by Crippen LogP contribution is 2.33. The summed E-state index contributed by atoms with van der Waals surface area (Å²) in [6.07, 6.45) is 0. The van der Waals surface area contributed by atoms with Crippen LogP contribution in [0.1, 0.15) is 53.2 Å². The maximum atomic E-state index is 12.2. The molecule has 0 saturated carbocycles. The summed E-state index contributed by atoms with van der Waals surface area (Å²) >= 11 is 0. The summed E-state index contributed by atoms with van der Waals surface area (Å²) < 4.78 is 0. The number of nitrogens with one attached hydrogen (secondary N) is 3. The molecule has 0 bridgehead atoms. The second kappa shape index (κ2) is 12.2. The van der Waals surface area contributed by atoms with Crippen LogP contribution in [0.3, 0.4) is 0 Å². The van der Waals surface area contributed by atoms with Gasteiger partial charge in [0, 0.05) is 17.1 Å². The fraction of sp³-hybridized carbons (Fsp3) is 0.269. The van der Waals surface area contributed by atoms with E-state index in [0.29, 0.717) is 17.2 Å². The number of aromatic nitrogens is 3. The van der Waals surface area contributed by atoms with Crippen LogP contribution in [0.4, 0.5) is 22.0 Å². The average molecular weight is 447 g/mol. The number of aromatic amines is 1. The molecule has 2 aromatic heterocycles. The third-order valence-corrected chi connectivity index (χ3v) is 4.65. The summed E-state index contributed by atoms with van der Waals surface area (Å²) in [7, 11) is 0. The molecular formula is C26H34N6O. The molecule has 0 saturated heterocycles. The molecule has 4 aromatic rings. The van der Waals surface area contributed by atoms with E-state index in [0.717, 1.165) is 27.9 Å². The van der Waals surface area contributed by atoms with Crippen LogP contribution >= 0.6 is 0 Å². The Morgan fingerprint density at radius 1 is 0.909 bits per heavy atom. The lowest BCUT2D eigenvalue weighted by Crippen LogP contribution is -2.19. The van der Waals surface area contributed by atoms with Crippen LogP contribution in [-0.2, 0) is 0 Å². The molecule has 7 heteroatoms. The third kappa shape index (κ3) is 6.32. The van der Waals surface area contributed by atoms with Crippen LogP contribution in [0.25, 0.3) is 22.2 Å². The van der Waals surface area contributed by atoms with Gasteiger partial charge in [0.15, 0.2) is 5.65 Å². The number of carbonyl (C=O) groups is 1. The van der Waals surface area contributed by atoms with Crippen LogP contribution < -0.4 is 16.4 Å². The van der Waals surface area contributed by atoms with Gasteiger partial charge in [0.05, 0.1) is 5.39 Å². The molecule has 0 aliphatic heterocycles. The number of nitrogens with zero attached hydrogens (tertiary/aromatic N) is 2. The molecule has 5 N–H and O–H groups in total. The van der Waals surface area contributed by atoms with E-state index in [-0.39, 0.29) is 11.9 Å². The maximum absolute atomic E-state index is 12.2. The van der Waals surface area contributed by atoms with Crippen molar-refractivity contribution in [2.45, 2.75) is 47.5 Å². The molecular weight excluding hydrogens is 412 g/mol. The molecule has 0 aliphatic rings. The van der Waals surface area contributed by atoms with E-state index >= 15 is 0 Å². The van der Waals surface area contributed by atoms with Gasteiger partial charge in [-0.2, -0.15) is 5.10 Å². The number of amides is 2. The first-order valence-corrected chi connectivity index (χ1v) is 11.4. The van der Waals surface area contributed by atoms with Crippen LogP contribution in [0.2, 0.25) is 0 Å². The van der Waals surface area contributed by atoms with E-state index in [9.17, 15) is 4.79 Å². The minimum absolute atomic E-state index is 0.263. The van der Waals surface area contributed by atoms with Crippen LogP contribution in [0, 0.1) is 0 Å². The topological polar surface area (TPSA) is 109 Å². The lowest BCUT2D eigenvalue weighted by Gasteiger charge is -2.11. The van der Waals surface area contributed by atoms with E-state index in [1.807, 2.05) is 88.4 Å². The van der Waals surface area contributed by atoms with Gasteiger partial charge in [-0.15, -0.1) is 0 Å². The highest BCUT2D eigenvalue weighted by molar-refractivity contribution is 6.01. The molecule has 4 rings (SSSR count). The van der Waals surface area contributed by atoms with Gasteiger partial charge in [0.25, 0.3) is 0 Å². The maximum Gasteiger partial charge on any atom is 0.323 e. The number of hydrogen-bond donors (Lipinski definition) is 4. The first-order valence-electron chi connectivity index (χ1n) is 11.4. The Labute approximate surface area is 195 Å². The van der Waals surface area contributed by atoms with Crippen molar-refractivity contribution in [3.8, 4) is 11.1 Å². The first kappa shape index (κ1) is 25.4. The number of fused-ring (bicyclic) bond motifs is 1. The Hall–Kier alpha value is -3.87. The van der Waals surface area contributed by atoms with Gasteiger partial charge < -0.3 is 16.4 Å². The Morgan fingerprint density at radius 2 is 1.48 bits per heavy atom. The molecule has 0 unspecified atom stereocenters. The summed E-state index contributed by atoms with van der Waals surface area (Å²) in [5.41, 5.74) is 11.0. The number of benzene rings is 2. The van der Waals surface area contributed by atoms with Crippen molar-refractivity contribution in [2.24, 2.45) is 0 Å². The fourth-order valence-electron chi connectivity index (χ4n) is 3.14. The Balaban J connectivity index is 0.000000914. The molecule has 0 atom stereocenters. The number of urea groups is 1.